The third-order valence-electron chi connectivity index (χ3n) is 3.53. The van der Waals surface area contributed by atoms with Crippen LogP contribution in [0.4, 0.5) is 5.69 Å². The molecule has 0 saturated carbocycles. The van der Waals surface area contributed by atoms with E-state index in [4.69, 9.17) is 10.5 Å². The molecule has 1 aromatic rings. The lowest BCUT2D eigenvalue weighted by Gasteiger charge is -2.29. The average molecular weight is 218 g/mol. The summed E-state index contributed by atoms with van der Waals surface area (Å²) in [6.45, 7) is 3.70. The van der Waals surface area contributed by atoms with Crippen molar-refractivity contribution in [2.45, 2.75) is 18.9 Å². The highest BCUT2D eigenvalue weighted by molar-refractivity contribution is 5.53. The minimum Gasteiger partial charge on any atom is -0.378 e. The van der Waals surface area contributed by atoms with E-state index in [0.717, 1.165) is 39.1 Å². The number of rotatable bonds is 1. The number of anilines is 1. The van der Waals surface area contributed by atoms with Crippen molar-refractivity contribution in [3.8, 4) is 0 Å². The van der Waals surface area contributed by atoms with E-state index in [-0.39, 0.29) is 0 Å². The number of hydrogen-bond acceptors (Lipinski definition) is 3. The molecule has 1 fully saturated rings. The van der Waals surface area contributed by atoms with Gasteiger partial charge in [0, 0.05) is 24.8 Å². The second-order valence-corrected chi connectivity index (χ2v) is 4.72. The molecule has 3 rings (SSSR count). The fraction of sp³-hybridized carbons (Fsp3) is 0.538. The molecule has 1 aromatic carbocycles. The summed E-state index contributed by atoms with van der Waals surface area (Å²) in [7, 11) is 0. The maximum Gasteiger partial charge on any atom is 0.0642 e. The molecule has 1 atom stereocenters. The molecule has 0 spiro atoms. The summed E-state index contributed by atoms with van der Waals surface area (Å²) in [5, 5.41) is 0. The number of nitrogens with zero attached hydrogens (tertiary/aromatic N) is 1. The third-order valence-corrected chi connectivity index (χ3v) is 3.53. The van der Waals surface area contributed by atoms with Crippen molar-refractivity contribution >= 4 is 5.69 Å². The number of benzene rings is 1. The van der Waals surface area contributed by atoms with Gasteiger partial charge in [-0.25, -0.2) is 0 Å². The highest BCUT2D eigenvalue weighted by Gasteiger charge is 2.19. The van der Waals surface area contributed by atoms with E-state index < -0.39 is 0 Å². The van der Waals surface area contributed by atoms with Crippen LogP contribution in [0.2, 0.25) is 0 Å². The molecule has 86 valence electrons. The minimum atomic E-state index is 0.329. The SMILES string of the molecule is NC1Cc2ccc(N3CCOCC3)cc2C1. The van der Waals surface area contributed by atoms with Crippen molar-refractivity contribution in [2.75, 3.05) is 31.2 Å². The number of fused-ring (bicyclic) bond motifs is 1. The quantitative estimate of drug-likeness (QED) is 0.762. The van der Waals surface area contributed by atoms with Crippen molar-refractivity contribution in [1.29, 1.82) is 0 Å². The van der Waals surface area contributed by atoms with Gasteiger partial charge in [0.15, 0.2) is 0 Å². The van der Waals surface area contributed by atoms with Gasteiger partial charge >= 0.3 is 0 Å². The molecule has 0 bridgehead atoms. The van der Waals surface area contributed by atoms with Crippen LogP contribution < -0.4 is 10.6 Å². The first-order valence-corrected chi connectivity index (χ1v) is 6.03. The molecule has 0 amide bonds. The molecule has 16 heavy (non-hydrogen) atoms. The molecule has 2 N–H and O–H groups in total. The van der Waals surface area contributed by atoms with Gasteiger partial charge in [-0.15, -0.1) is 0 Å². The minimum absolute atomic E-state index is 0.329. The Bertz CT molecular complexity index is 386. The standard InChI is InChI=1S/C13H18N2O/c14-12-7-10-1-2-13(9-11(10)8-12)15-3-5-16-6-4-15/h1-2,9,12H,3-8,14H2. The summed E-state index contributed by atoms with van der Waals surface area (Å²) in [6, 6.07) is 7.11. The summed E-state index contributed by atoms with van der Waals surface area (Å²) in [5.74, 6) is 0. The molecular formula is C13H18N2O. The van der Waals surface area contributed by atoms with E-state index in [1.807, 2.05) is 0 Å². The Morgan fingerprint density at radius 3 is 2.69 bits per heavy atom. The number of morpholine rings is 1. The van der Waals surface area contributed by atoms with Gasteiger partial charge in [0.05, 0.1) is 13.2 Å². The van der Waals surface area contributed by atoms with E-state index in [0.29, 0.717) is 6.04 Å². The van der Waals surface area contributed by atoms with Crippen LogP contribution in [-0.4, -0.2) is 32.3 Å². The maximum atomic E-state index is 5.98. The van der Waals surface area contributed by atoms with Crippen LogP contribution in [0.25, 0.3) is 0 Å². The van der Waals surface area contributed by atoms with Crippen molar-refractivity contribution in [2.24, 2.45) is 5.73 Å². The summed E-state index contributed by atoms with van der Waals surface area (Å²) in [5.41, 5.74) is 10.2. The molecule has 0 radical (unpaired) electrons. The summed E-state index contributed by atoms with van der Waals surface area (Å²) < 4.78 is 5.37. The second kappa shape index (κ2) is 4.07. The molecule has 1 heterocycles. The lowest BCUT2D eigenvalue weighted by Crippen LogP contribution is -2.36. The van der Waals surface area contributed by atoms with Crippen LogP contribution in [0.3, 0.4) is 0 Å². The number of nitrogens with two attached hydrogens (primary N) is 1. The van der Waals surface area contributed by atoms with Crippen LogP contribution in [-0.2, 0) is 17.6 Å². The van der Waals surface area contributed by atoms with Gasteiger partial charge in [-0.1, -0.05) is 6.07 Å². The number of hydrogen-bond donors (Lipinski definition) is 1. The predicted octanol–water partition coefficient (Wildman–Crippen LogP) is 0.949. The zero-order valence-electron chi connectivity index (χ0n) is 9.48. The summed E-state index contributed by atoms with van der Waals surface area (Å²) >= 11 is 0. The first-order chi connectivity index (χ1) is 7.83. The van der Waals surface area contributed by atoms with Crippen molar-refractivity contribution in [3.05, 3.63) is 29.3 Å². The molecule has 0 aromatic heterocycles. The van der Waals surface area contributed by atoms with Crippen molar-refractivity contribution < 1.29 is 4.74 Å². The number of ether oxygens (including phenoxy) is 1. The van der Waals surface area contributed by atoms with Gasteiger partial charge in [-0.3, -0.25) is 0 Å². The molecule has 3 nitrogen and oxygen atoms in total. The van der Waals surface area contributed by atoms with Gasteiger partial charge in [0.2, 0.25) is 0 Å². The van der Waals surface area contributed by atoms with Crippen LogP contribution in [0.5, 0.6) is 0 Å². The molecule has 1 aliphatic carbocycles. The maximum absolute atomic E-state index is 5.98. The Morgan fingerprint density at radius 1 is 1.12 bits per heavy atom. The Hall–Kier alpha value is -1.06. The highest BCUT2D eigenvalue weighted by Crippen LogP contribution is 2.26. The van der Waals surface area contributed by atoms with E-state index in [2.05, 4.69) is 23.1 Å². The van der Waals surface area contributed by atoms with Gasteiger partial charge in [-0.05, 0) is 36.1 Å². The zero-order chi connectivity index (χ0) is 11.0. The van der Waals surface area contributed by atoms with E-state index >= 15 is 0 Å². The lowest BCUT2D eigenvalue weighted by atomic mass is 10.1. The Labute approximate surface area is 96.2 Å². The van der Waals surface area contributed by atoms with Crippen LogP contribution >= 0.6 is 0 Å². The molecule has 1 saturated heterocycles. The van der Waals surface area contributed by atoms with Crippen molar-refractivity contribution in [1.82, 2.24) is 0 Å². The fourth-order valence-electron chi connectivity index (χ4n) is 2.66. The van der Waals surface area contributed by atoms with Gasteiger partial charge in [0.25, 0.3) is 0 Å². The van der Waals surface area contributed by atoms with Gasteiger partial charge < -0.3 is 15.4 Å². The lowest BCUT2D eigenvalue weighted by molar-refractivity contribution is 0.122. The largest absolute Gasteiger partial charge is 0.378 e. The normalized spacial score (nSPS) is 24.6. The fourth-order valence-corrected chi connectivity index (χ4v) is 2.66. The second-order valence-electron chi connectivity index (χ2n) is 4.72. The monoisotopic (exact) mass is 218 g/mol. The highest BCUT2D eigenvalue weighted by atomic mass is 16.5. The molecule has 2 aliphatic rings. The van der Waals surface area contributed by atoms with E-state index in [9.17, 15) is 0 Å². The van der Waals surface area contributed by atoms with E-state index in [1.165, 1.54) is 16.8 Å². The molecule has 3 heteroatoms. The van der Waals surface area contributed by atoms with Crippen LogP contribution in [0, 0.1) is 0 Å². The van der Waals surface area contributed by atoms with Crippen LogP contribution in [0.15, 0.2) is 18.2 Å². The van der Waals surface area contributed by atoms with Gasteiger partial charge in [0.1, 0.15) is 0 Å². The predicted molar refractivity (Wildman–Crippen MR) is 64.9 cm³/mol. The Kier molecular flexibility index (Phi) is 2.58. The first-order valence-electron chi connectivity index (χ1n) is 6.03. The Morgan fingerprint density at radius 2 is 1.88 bits per heavy atom. The Balaban J connectivity index is 1.84. The molecule has 1 unspecified atom stereocenters. The molecular weight excluding hydrogens is 200 g/mol. The van der Waals surface area contributed by atoms with Gasteiger partial charge in [-0.2, -0.15) is 0 Å². The first kappa shape index (κ1) is 10.1. The summed E-state index contributed by atoms with van der Waals surface area (Å²) in [4.78, 5) is 2.40. The smallest absolute Gasteiger partial charge is 0.0642 e. The van der Waals surface area contributed by atoms with Crippen molar-refractivity contribution in [3.63, 3.8) is 0 Å². The van der Waals surface area contributed by atoms with E-state index in [1.54, 1.807) is 0 Å². The topological polar surface area (TPSA) is 38.5 Å². The third kappa shape index (κ3) is 1.81. The molecule has 1 aliphatic heterocycles. The average Bonchev–Trinajstić information content (AvgIpc) is 2.69. The summed E-state index contributed by atoms with van der Waals surface area (Å²) in [6.07, 6.45) is 2.08. The zero-order valence-corrected chi connectivity index (χ0v) is 9.48. The van der Waals surface area contributed by atoms with Crippen LogP contribution in [0.1, 0.15) is 11.1 Å².